The zero-order chi connectivity index (χ0) is 24.0. The minimum Gasteiger partial charge on any atom is -0.489 e. The molecule has 1 aliphatic carbocycles. The Balaban J connectivity index is 1.31. The van der Waals surface area contributed by atoms with Crippen molar-refractivity contribution < 1.29 is 13.9 Å². The van der Waals surface area contributed by atoms with E-state index < -0.39 is 0 Å². The highest BCUT2D eigenvalue weighted by molar-refractivity contribution is 7.09. The van der Waals surface area contributed by atoms with Crippen molar-refractivity contribution in [3.05, 3.63) is 98.3 Å². The lowest BCUT2D eigenvalue weighted by atomic mass is 10.1. The first-order valence-corrected chi connectivity index (χ1v) is 11.9. The van der Waals surface area contributed by atoms with Crippen LogP contribution in [0.25, 0.3) is 22.6 Å². The fraction of sp³-hybridized carbons (Fsp3) is 0.143. The van der Waals surface area contributed by atoms with Crippen LogP contribution in [0.4, 0.5) is 0 Å². The van der Waals surface area contributed by atoms with Crippen LogP contribution in [0.1, 0.15) is 16.0 Å². The van der Waals surface area contributed by atoms with Gasteiger partial charge in [0.15, 0.2) is 16.8 Å². The average Bonchev–Trinajstić information content (AvgIpc) is 3.39. The van der Waals surface area contributed by atoms with Gasteiger partial charge < -0.3 is 19.2 Å². The van der Waals surface area contributed by atoms with Gasteiger partial charge in [-0.05, 0) is 53.4 Å². The van der Waals surface area contributed by atoms with Gasteiger partial charge in [-0.2, -0.15) is 0 Å². The zero-order valence-electron chi connectivity index (χ0n) is 18.8. The van der Waals surface area contributed by atoms with E-state index in [1.54, 1.807) is 23.5 Å². The maximum atomic E-state index is 11.6. The number of nitrogens with zero attached hydrogens (tertiary/aromatic N) is 1. The van der Waals surface area contributed by atoms with Crippen molar-refractivity contribution in [3.8, 4) is 35.3 Å². The minimum atomic E-state index is -0.120. The van der Waals surface area contributed by atoms with Gasteiger partial charge in [-0.15, -0.1) is 17.8 Å². The number of rotatable bonds is 9. The predicted molar refractivity (Wildman–Crippen MR) is 137 cm³/mol. The molecule has 2 aliphatic rings. The van der Waals surface area contributed by atoms with Gasteiger partial charge in [0, 0.05) is 35.7 Å². The summed E-state index contributed by atoms with van der Waals surface area (Å²) in [4.78, 5) is 17.5. The van der Waals surface area contributed by atoms with Crippen molar-refractivity contribution in [1.82, 2.24) is 10.3 Å². The van der Waals surface area contributed by atoms with Crippen LogP contribution in [0.5, 0.6) is 11.5 Å². The number of aromatic nitrogens is 1. The Bertz CT molecular complexity index is 1520. The molecule has 174 valence electrons. The van der Waals surface area contributed by atoms with Gasteiger partial charge >= 0.3 is 0 Å². The van der Waals surface area contributed by atoms with Crippen molar-refractivity contribution in [2.45, 2.75) is 19.7 Å². The second-order valence-electron chi connectivity index (χ2n) is 7.88. The fourth-order valence-electron chi connectivity index (χ4n) is 3.70. The number of fused-ring (bicyclic) bond motifs is 2. The minimum absolute atomic E-state index is 0.120. The molecule has 0 amide bonds. The molecule has 0 radical (unpaired) electrons. The van der Waals surface area contributed by atoms with E-state index in [4.69, 9.17) is 20.3 Å². The Hall–Kier alpha value is -4.12. The van der Waals surface area contributed by atoms with E-state index >= 15 is 0 Å². The normalized spacial score (nSPS) is 10.9. The lowest BCUT2D eigenvalue weighted by Crippen LogP contribution is -2.13. The molecule has 1 aliphatic heterocycles. The Morgan fingerprint density at radius 3 is 2.83 bits per heavy atom. The molecule has 0 bridgehead atoms. The van der Waals surface area contributed by atoms with Gasteiger partial charge in [0.25, 0.3) is 0 Å². The fourth-order valence-corrected chi connectivity index (χ4v) is 4.37. The van der Waals surface area contributed by atoms with Crippen LogP contribution in [-0.4, -0.2) is 11.6 Å². The van der Waals surface area contributed by atoms with E-state index in [0.717, 1.165) is 23.4 Å². The van der Waals surface area contributed by atoms with Gasteiger partial charge in [0.1, 0.15) is 35.9 Å². The number of thiophene rings is 1. The molecular formula is C28H22N2O4S. The smallest absolute Gasteiger partial charge is 0.182 e. The Kier molecular flexibility index (Phi) is 6.75. The lowest BCUT2D eigenvalue weighted by molar-refractivity contribution is 0.305. The molecule has 1 aromatic heterocycles. The highest BCUT2D eigenvalue weighted by Gasteiger charge is 2.11. The van der Waals surface area contributed by atoms with Gasteiger partial charge in [-0.1, -0.05) is 18.1 Å². The molecule has 6 nitrogen and oxygen atoms in total. The number of hydrogen-bond acceptors (Lipinski definition) is 7. The Morgan fingerprint density at radius 2 is 1.97 bits per heavy atom. The topological polar surface area (TPSA) is 73.6 Å². The highest BCUT2D eigenvalue weighted by atomic mass is 32.1. The van der Waals surface area contributed by atoms with E-state index in [0.29, 0.717) is 41.5 Å². The van der Waals surface area contributed by atoms with Crippen LogP contribution >= 0.6 is 11.3 Å². The molecular weight excluding hydrogens is 460 g/mol. The summed E-state index contributed by atoms with van der Waals surface area (Å²) in [6.07, 6.45) is 5.37. The van der Waals surface area contributed by atoms with E-state index in [-0.39, 0.29) is 12.0 Å². The van der Waals surface area contributed by atoms with E-state index in [2.05, 4.69) is 33.7 Å². The summed E-state index contributed by atoms with van der Waals surface area (Å²) in [6, 6.07) is 20.1. The molecule has 0 saturated heterocycles. The van der Waals surface area contributed by atoms with Crippen molar-refractivity contribution in [3.63, 3.8) is 0 Å². The van der Waals surface area contributed by atoms with E-state index in [9.17, 15) is 4.79 Å². The summed E-state index contributed by atoms with van der Waals surface area (Å²) < 4.78 is 17.6. The molecule has 0 unspecified atom stereocenters. The summed E-state index contributed by atoms with van der Waals surface area (Å²) in [5, 5.41) is 5.52. The lowest BCUT2D eigenvalue weighted by Gasteiger charge is -2.14. The summed E-state index contributed by atoms with van der Waals surface area (Å²) in [6.45, 7) is 2.00. The SMILES string of the molecule is C#CCOc1ccc(COc2ccc3nc4ccc(=O)cc-4oc3c2)cc1CNCc1cccs1. The first kappa shape index (κ1) is 22.7. The summed E-state index contributed by atoms with van der Waals surface area (Å²) in [5.74, 6) is 4.36. The van der Waals surface area contributed by atoms with Gasteiger partial charge in [-0.25, -0.2) is 4.98 Å². The van der Waals surface area contributed by atoms with Crippen LogP contribution in [0.15, 0.2) is 81.3 Å². The summed E-state index contributed by atoms with van der Waals surface area (Å²) in [7, 11) is 0. The van der Waals surface area contributed by atoms with Crippen LogP contribution in [0, 0.1) is 12.3 Å². The summed E-state index contributed by atoms with van der Waals surface area (Å²) >= 11 is 1.72. The second kappa shape index (κ2) is 10.4. The van der Waals surface area contributed by atoms with Gasteiger partial charge in [-0.3, -0.25) is 4.79 Å². The molecule has 35 heavy (non-hydrogen) atoms. The summed E-state index contributed by atoms with van der Waals surface area (Å²) in [5.41, 5.74) is 3.77. The first-order valence-electron chi connectivity index (χ1n) is 11.1. The van der Waals surface area contributed by atoms with Gasteiger partial charge in [0.2, 0.25) is 0 Å². The molecule has 7 heteroatoms. The molecule has 1 N–H and O–H groups in total. The number of terminal acetylenes is 1. The Labute approximate surface area is 206 Å². The van der Waals surface area contributed by atoms with Crippen molar-refractivity contribution in [2.75, 3.05) is 6.61 Å². The molecule has 0 fully saturated rings. The average molecular weight is 483 g/mol. The molecule has 2 aromatic carbocycles. The van der Waals surface area contributed by atoms with Crippen molar-refractivity contribution in [2.24, 2.45) is 0 Å². The van der Waals surface area contributed by atoms with Crippen LogP contribution < -0.4 is 20.2 Å². The Morgan fingerprint density at radius 1 is 1.03 bits per heavy atom. The second-order valence-corrected chi connectivity index (χ2v) is 8.91. The monoisotopic (exact) mass is 482 g/mol. The predicted octanol–water partition coefficient (Wildman–Crippen LogP) is 5.24. The van der Waals surface area contributed by atoms with Gasteiger partial charge in [0.05, 0.1) is 0 Å². The zero-order valence-corrected chi connectivity index (χ0v) is 19.6. The quantitative estimate of drug-likeness (QED) is 0.229. The van der Waals surface area contributed by atoms with Crippen LogP contribution in [0.3, 0.4) is 0 Å². The van der Waals surface area contributed by atoms with Crippen molar-refractivity contribution >= 4 is 22.4 Å². The first-order chi connectivity index (χ1) is 17.2. The molecule has 5 rings (SSSR count). The van der Waals surface area contributed by atoms with Crippen LogP contribution in [0.2, 0.25) is 0 Å². The number of ether oxygens (including phenoxy) is 2. The highest BCUT2D eigenvalue weighted by Crippen LogP contribution is 2.27. The standard InChI is InChI=1S/C28H22N2O4S/c1-2-11-32-26-10-5-19(13-20(26)16-29-17-23-4-3-12-35-23)18-33-22-7-9-25-28(15-22)34-27-14-21(31)6-8-24(27)30-25/h1,3-10,12-15,29H,11,16-18H2. The molecule has 0 atom stereocenters. The van der Waals surface area contributed by atoms with E-state index in [1.165, 1.54) is 17.0 Å². The van der Waals surface area contributed by atoms with Crippen molar-refractivity contribution in [1.29, 1.82) is 0 Å². The molecule has 0 spiro atoms. The maximum Gasteiger partial charge on any atom is 0.182 e. The molecule has 3 aromatic rings. The molecule has 2 heterocycles. The number of hydrogen-bond donors (Lipinski definition) is 1. The number of benzene rings is 3. The third kappa shape index (κ3) is 5.52. The van der Waals surface area contributed by atoms with E-state index in [1.807, 2.05) is 30.3 Å². The maximum absolute atomic E-state index is 11.6. The number of nitrogens with one attached hydrogen (secondary N) is 1. The third-order valence-electron chi connectivity index (χ3n) is 5.36. The van der Waals surface area contributed by atoms with Crippen LogP contribution in [-0.2, 0) is 19.7 Å². The third-order valence-corrected chi connectivity index (χ3v) is 6.24. The molecule has 0 saturated carbocycles. The largest absolute Gasteiger partial charge is 0.489 e.